The lowest BCUT2D eigenvalue weighted by molar-refractivity contribution is 0.0456. The summed E-state index contributed by atoms with van der Waals surface area (Å²) < 4.78 is 12.7. The number of nitrogens with zero attached hydrogens (tertiary/aromatic N) is 3. The average Bonchev–Trinajstić information content (AvgIpc) is 3.18. The zero-order valence-corrected chi connectivity index (χ0v) is 19.6. The summed E-state index contributed by atoms with van der Waals surface area (Å²) in [5.74, 6) is 1.71. The van der Waals surface area contributed by atoms with Gasteiger partial charge in [-0.15, -0.1) is 11.3 Å². The topological polar surface area (TPSA) is 58.1 Å². The van der Waals surface area contributed by atoms with E-state index >= 15 is 0 Å². The summed E-state index contributed by atoms with van der Waals surface area (Å²) in [6.07, 6.45) is 1.72. The van der Waals surface area contributed by atoms with Gasteiger partial charge in [0.15, 0.2) is 0 Å². The number of ether oxygens (including phenoxy) is 2. The Bertz CT molecular complexity index is 957. The monoisotopic (exact) mass is 455 g/mol. The lowest BCUT2D eigenvalue weighted by Gasteiger charge is -2.35. The summed E-state index contributed by atoms with van der Waals surface area (Å²) in [4.78, 5) is 9.34. The number of rotatable bonds is 11. The standard InChI is InChI=1S/C25H33N3O3S/c1-20-26-24-17-23(9-10-25(24)32-20)31-19-21(29)18-28-14-12-27(13-15-28)11-5-6-16-30-22-7-3-2-4-8-22/h2-4,7-10,17,21,29H,5-6,11-16,18-19H2,1H3. The zero-order chi connectivity index (χ0) is 22.2. The second-order valence-electron chi connectivity index (χ2n) is 8.34. The van der Waals surface area contributed by atoms with Gasteiger partial charge in [-0.05, 0) is 50.6 Å². The first-order chi connectivity index (χ1) is 15.7. The lowest BCUT2D eigenvalue weighted by atomic mass is 10.2. The van der Waals surface area contributed by atoms with Gasteiger partial charge in [0.05, 0.1) is 21.8 Å². The van der Waals surface area contributed by atoms with Crippen molar-refractivity contribution in [1.82, 2.24) is 14.8 Å². The van der Waals surface area contributed by atoms with Gasteiger partial charge in [0.1, 0.15) is 24.2 Å². The lowest BCUT2D eigenvalue weighted by Crippen LogP contribution is -2.49. The fourth-order valence-corrected chi connectivity index (χ4v) is 4.80. The van der Waals surface area contributed by atoms with Crippen molar-refractivity contribution < 1.29 is 14.6 Å². The summed E-state index contributed by atoms with van der Waals surface area (Å²) in [7, 11) is 0. The van der Waals surface area contributed by atoms with E-state index in [-0.39, 0.29) is 0 Å². The van der Waals surface area contributed by atoms with Crippen molar-refractivity contribution in [2.45, 2.75) is 25.9 Å². The SMILES string of the molecule is Cc1nc2cc(OCC(O)CN3CCN(CCCCOc4ccccc4)CC3)ccc2s1. The van der Waals surface area contributed by atoms with Crippen LogP contribution in [-0.2, 0) is 0 Å². The van der Waals surface area contributed by atoms with E-state index in [1.54, 1.807) is 11.3 Å². The molecule has 1 atom stereocenters. The largest absolute Gasteiger partial charge is 0.494 e. The van der Waals surface area contributed by atoms with Crippen molar-refractivity contribution in [3.05, 3.63) is 53.5 Å². The molecule has 0 amide bonds. The smallest absolute Gasteiger partial charge is 0.121 e. The molecule has 0 saturated carbocycles. The number of aryl methyl sites for hydroxylation is 1. The molecule has 0 radical (unpaired) electrons. The third kappa shape index (κ3) is 6.90. The van der Waals surface area contributed by atoms with Gasteiger partial charge in [-0.3, -0.25) is 4.90 Å². The number of piperazine rings is 1. The van der Waals surface area contributed by atoms with Crippen molar-refractivity contribution in [3.8, 4) is 11.5 Å². The van der Waals surface area contributed by atoms with Crippen LogP contribution in [-0.4, -0.2) is 78.5 Å². The first-order valence-electron chi connectivity index (χ1n) is 11.5. The number of aromatic nitrogens is 1. The molecular formula is C25H33N3O3S. The highest BCUT2D eigenvalue weighted by Crippen LogP contribution is 2.25. The van der Waals surface area contributed by atoms with Crippen molar-refractivity contribution in [1.29, 1.82) is 0 Å². The van der Waals surface area contributed by atoms with Crippen LogP contribution in [0.2, 0.25) is 0 Å². The van der Waals surface area contributed by atoms with E-state index < -0.39 is 6.10 Å². The molecule has 32 heavy (non-hydrogen) atoms. The predicted octanol–water partition coefficient (Wildman–Crippen LogP) is 3.82. The van der Waals surface area contributed by atoms with Crippen molar-refractivity contribution in [2.24, 2.45) is 0 Å². The van der Waals surface area contributed by atoms with Crippen LogP contribution in [0.15, 0.2) is 48.5 Å². The van der Waals surface area contributed by atoms with Crippen molar-refractivity contribution >= 4 is 21.6 Å². The molecule has 1 unspecified atom stereocenters. The van der Waals surface area contributed by atoms with Gasteiger partial charge in [0.25, 0.3) is 0 Å². The molecular weight excluding hydrogens is 422 g/mol. The van der Waals surface area contributed by atoms with Crippen molar-refractivity contribution in [2.75, 3.05) is 52.5 Å². The molecule has 1 saturated heterocycles. The van der Waals surface area contributed by atoms with E-state index in [0.717, 1.165) is 78.9 Å². The molecule has 0 spiro atoms. The van der Waals surface area contributed by atoms with Gasteiger partial charge in [0.2, 0.25) is 0 Å². The van der Waals surface area contributed by atoms with E-state index in [4.69, 9.17) is 9.47 Å². The number of β-amino-alcohol motifs (C(OH)–C–C–N with tert-alkyl or cyclic N) is 1. The van der Waals surface area contributed by atoms with Crippen LogP contribution < -0.4 is 9.47 Å². The van der Waals surface area contributed by atoms with Gasteiger partial charge in [-0.25, -0.2) is 4.98 Å². The molecule has 3 aromatic rings. The fraction of sp³-hybridized carbons (Fsp3) is 0.480. The molecule has 1 fully saturated rings. The first-order valence-corrected chi connectivity index (χ1v) is 12.3. The molecule has 1 aliphatic heterocycles. The Morgan fingerprint density at radius 3 is 2.56 bits per heavy atom. The summed E-state index contributed by atoms with van der Waals surface area (Å²) in [5, 5.41) is 11.5. The highest BCUT2D eigenvalue weighted by Gasteiger charge is 2.19. The van der Waals surface area contributed by atoms with E-state index in [9.17, 15) is 5.11 Å². The Balaban J connectivity index is 1.08. The molecule has 7 heteroatoms. The minimum absolute atomic E-state index is 0.302. The summed E-state index contributed by atoms with van der Waals surface area (Å²) in [6, 6.07) is 15.9. The van der Waals surface area contributed by atoms with Gasteiger partial charge < -0.3 is 19.5 Å². The highest BCUT2D eigenvalue weighted by atomic mass is 32.1. The molecule has 1 aromatic heterocycles. The average molecular weight is 456 g/mol. The van der Waals surface area contributed by atoms with Crippen LogP contribution in [0.5, 0.6) is 11.5 Å². The van der Waals surface area contributed by atoms with E-state index in [2.05, 4.69) is 14.8 Å². The van der Waals surface area contributed by atoms with Crippen LogP contribution >= 0.6 is 11.3 Å². The van der Waals surface area contributed by atoms with E-state index in [1.807, 2.05) is 55.5 Å². The Labute approximate surface area is 194 Å². The number of fused-ring (bicyclic) bond motifs is 1. The maximum Gasteiger partial charge on any atom is 0.121 e. The third-order valence-electron chi connectivity index (χ3n) is 5.72. The molecule has 4 rings (SSSR count). The molecule has 0 aliphatic carbocycles. The van der Waals surface area contributed by atoms with Gasteiger partial charge in [0, 0.05) is 38.8 Å². The molecule has 1 aliphatic rings. The molecule has 172 valence electrons. The molecule has 1 N–H and O–H groups in total. The summed E-state index contributed by atoms with van der Waals surface area (Å²) in [6.45, 7) is 8.91. The Morgan fingerprint density at radius 2 is 1.75 bits per heavy atom. The fourth-order valence-electron chi connectivity index (χ4n) is 4.00. The molecule has 0 bridgehead atoms. The van der Waals surface area contributed by atoms with Crippen LogP contribution in [0.25, 0.3) is 10.2 Å². The quantitative estimate of drug-likeness (QED) is 0.444. The van der Waals surface area contributed by atoms with Crippen LogP contribution in [0.1, 0.15) is 17.8 Å². The Morgan fingerprint density at radius 1 is 0.969 bits per heavy atom. The molecule has 2 heterocycles. The number of para-hydroxylation sites is 1. The predicted molar refractivity (Wildman–Crippen MR) is 130 cm³/mol. The van der Waals surface area contributed by atoms with Gasteiger partial charge in [-0.2, -0.15) is 0 Å². The minimum atomic E-state index is -0.496. The van der Waals surface area contributed by atoms with Crippen LogP contribution in [0, 0.1) is 6.92 Å². The number of aliphatic hydroxyl groups excluding tert-OH is 1. The number of thiazole rings is 1. The number of unbranched alkanes of at least 4 members (excludes halogenated alkanes) is 1. The number of hydrogen-bond donors (Lipinski definition) is 1. The Kier molecular flexibility index (Phi) is 8.34. The van der Waals surface area contributed by atoms with Gasteiger partial charge >= 0.3 is 0 Å². The second kappa shape index (κ2) is 11.6. The maximum absolute atomic E-state index is 10.4. The van der Waals surface area contributed by atoms with Crippen molar-refractivity contribution in [3.63, 3.8) is 0 Å². The first kappa shape index (κ1) is 23.0. The number of aliphatic hydroxyl groups is 1. The minimum Gasteiger partial charge on any atom is -0.494 e. The Hall–Kier alpha value is -2.19. The molecule has 2 aromatic carbocycles. The summed E-state index contributed by atoms with van der Waals surface area (Å²) in [5.41, 5.74) is 0.960. The molecule has 6 nitrogen and oxygen atoms in total. The van der Waals surface area contributed by atoms with Crippen LogP contribution in [0.4, 0.5) is 0 Å². The van der Waals surface area contributed by atoms with Gasteiger partial charge in [-0.1, -0.05) is 18.2 Å². The maximum atomic E-state index is 10.4. The normalized spacial score (nSPS) is 16.3. The zero-order valence-electron chi connectivity index (χ0n) is 18.8. The number of benzene rings is 2. The third-order valence-corrected chi connectivity index (χ3v) is 6.67. The highest BCUT2D eigenvalue weighted by molar-refractivity contribution is 7.18. The van der Waals surface area contributed by atoms with E-state index in [0.29, 0.717) is 13.2 Å². The summed E-state index contributed by atoms with van der Waals surface area (Å²) >= 11 is 1.68. The van der Waals surface area contributed by atoms with E-state index in [1.165, 1.54) is 0 Å². The number of hydrogen-bond acceptors (Lipinski definition) is 7. The second-order valence-corrected chi connectivity index (χ2v) is 9.57. The van der Waals surface area contributed by atoms with Crippen LogP contribution in [0.3, 0.4) is 0 Å².